The van der Waals surface area contributed by atoms with Crippen molar-refractivity contribution < 1.29 is 22.4 Å². The summed E-state index contributed by atoms with van der Waals surface area (Å²) in [6.07, 6.45) is -0.492. The molecule has 5 aromatic heterocycles. The van der Waals surface area contributed by atoms with Gasteiger partial charge in [-0.2, -0.15) is 27.8 Å². The maximum absolute atomic E-state index is 13.8. The number of aromatic nitrogens is 7. The Morgan fingerprint density at radius 1 is 1.05 bits per heavy atom. The smallest absolute Gasteiger partial charge is 0.416 e. The number of furan rings is 1. The van der Waals surface area contributed by atoms with Crippen LogP contribution in [0, 0.1) is 0 Å². The summed E-state index contributed by atoms with van der Waals surface area (Å²) in [5, 5.41) is 12.1. The minimum absolute atomic E-state index is 0.00135. The van der Waals surface area contributed by atoms with Crippen LogP contribution >= 0.6 is 0 Å². The number of halogens is 3. The van der Waals surface area contributed by atoms with E-state index >= 15 is 0 Å². The van der Waals surface area contributed by atoms with E-state index in [0.717, 1.165) is 18.3 Å². The minimum atomic E-state index is -4.54. The highest BCUT2D eigenvalue weighted by atomic mass is 19.4. The summed E-state index contributed by atoms with van der Waals surface area (Å²) in [7, 11) is 0. The molecule has 0 fully saturated rings. The molecule has 0 spiro atoms. The van der Waals surface area contributed by atoms with Crippen LogP contribution in [-0.2, 0) is 23.1 Å². The SMILES string of the molecule is C[C@](C(=O)NCc1cc(C(F)(F)F)ccn1)(c1ccccc1)n1ncc2c1nc(N)n1nc(-c3ccco3)nc21. The molecule has 0 aliphatic heterocycles. The van der Waals surface area contributed by atoms with Crippen molar-refractivity contribution in [2.45, 2.75) is 25.2 Å². The zero-order valence-electron chi connectivity index (χ0n) is 20.8. The molecule has 0 aliphatic rings. The fourth-order valence-electron chi connectivity index (χ4n) is 4.45. The molecule has 14 heteroatoms. The second-order valence-electron chi connectivity index (χ2n) is 9.07. The first-order chi connectivity index (χ1) is 19.2. The molecule has 0 saturated heterocycles. The summed E-state index contributed by atoms with van der Waals surface area (Å²) < 4.78 is 47.7. The number of carbonyl (C=O) groups is 1. The quantitative estimate of drug-likeness (QED) is 0.321. The van der Waals surface area contributed by atoms with E-state index in [0.29, 0.717) is 22.4 Å². The molecule has 1 aromatic carbocycles. The lowest BCUT2D eigenvalue weighted by Crippen LogP contribution is -2.48. The number of nitrogens with zero attached hydrogens (tertiary/aromatic N) is 7. The third-order valence-electron chi connectivity index (χ3n) is 6.55. The van der Waals surface area contributed by atoms with Gasteiger partial charge in [0.05, 0.1) is 35.6 Å². The standard InChI is InChI=1S/C26H20F3N9O2/c1-25(15-6-3-2-4-7-15,23(39)32-13-17-12-16(9-10-31-17)26(27,28)29)38-22-18(14-33-38)21-34-20(19-8-5-11-40-19)36-37(21)24(30)35-22/h2-12,14H,13H2,1H3,(H2,30,35)(H,32,39)/t25-/m1/s1. The van der Waals surface area contributed by atoms with Crippen LogP contribution in [0.1, 0.15) is 23.7 Å². The van der Waals surface area contributed by atoms with E-state index in [1.165, 1.54) is 21.7 Å². The molecule has 3 N–H and O–H groups in total. The zero-order chi connectivity index (χ0) is 28.1. The average Bonchev–Trinajstić information content (AvgIpc) is 3.71. The second kappa shape index (κ2) is 9.18. The molecule has 0 unspecified atom stereocenters. The van der Waals surface area contributed by atoms with Gasteiger partial charge in [0.25, 0.3) is 5.91 Å². The molecule has 5 heterocycles. The van der Waals surface area contributed by atoms with E-state index in [2.05, 4.69) is 30.5 Å². The summed E-state index contributed by atoms with van der Waals surface area (Å²) in [5.41, 5.74) is 5.08. The van der Waals surface area contributed by atoms with Gasteiger partial charge in [0.15, 0.2) is 22.6 Å². The van der Waals surface area contributed by atoms with Gasteiger partial charge in [0, 0.05) is 6.20 Å². The van der Waals surface area contributed by atoms with Crippen LogP contribution in [0.5, 0.6) is 0 Å². The number of rotatable bonds is 6. The number of nitrogens with two attached hydrogens (primary N) is 1. The average molecular weight is 548 g/mol. The summed E-state index contributed by atoms with van der Waals surface area (Å²) in [4.78, 5) is 26.8. The van der Waals surface area contributed by atoms with Crippen LogP contribution in [0.25, 0.3) is 28.3 Å². The molecule has 1 amide bonds. The normalized spacial score (nSPS) is 13.5. The monoisotopic (exact) mass is 547 g/mol. The predicted octanol–water partition coefficient (Wildman–Crippen LogP) is 3.81. The van der Waals surface area contributed by atoms with Gasteiger partial charge >= 0.3 is 6.18 Å². The van der Waals surface area contributed by atoms with Gasteiger partial charge in [0.2, 0.25) is 11.8 Å². The third kappa shape index (κ3) is 4.09. The number of fused-ring (bicyclic) bond motifs is 3. The van der Waals surface area contributed by atoms with E-state index in [9.17, 15) is 18.0 Å². The van der Waals surface area contributed by atoms with Crippen molar-refractivity contribution in [1.29, 1.82) is 0 Å². The first kappa shape index (κ1) is 25.0. The molecule has 6 aromatic rings. The van der Waals surface area contributed by atoms with Crippen LogP contribution in [0.4, 0.5) is 19.1 Å². The molecule has 202 valence electrons. The Hall–Kier alpha value is -5.27. The van der Waals surface area contributed by atoms with E-state index in [1.807, 2.05) is 0 Å². The van der Waals surface area contributed by atoms with Crippen molar-refractivity contribution in [3.63, 3.8) is 0 Å². The number of hydrogen-bond donors (Lipinski definition) is 2. The van der Waals surface area contributed by atoms with Crippen molar-refractivity contribution in [2.24, 2.45) is 0 Å². The molecule has 11 nitrogen and oxygen atoms in total. The van der Waals surface area contributed by atoms with Crippen molar-refractivity contribution in [3.8, 4) is 11.6 Å². The lowest BCUT2D eigenvalue weighted by Gasteiger charge is -2.30. The Kier molecular flexibility index (Phi) is 5.75. The largest absolute Gasteiger partial charge is 0.461 e. The van der Waals surface area contributed by atoms with Crippen LogP contribution < -0.4 is 11.1 Å². The summed E-state index contributed by atoms with van der Waals surface area (Å²) >= 11 is 0. The highest BCUT2D eigenvalue weighted by molar-refractivity contribution is 5.94. The highest BCUT2D eigenvalue weighted by Gasteiger charge is 2.40. The number of pyridine rings is 1. The van der Waals surface area contributed by atoms with Crippen molar-refractivity contribution in [3.05, 3.63) is 90.1 Å². The van der Waals surface area contributed by atoms with Crippen LogP contribution in [0.3, 0.4) is 0 Å². The van der Waals surface area contributed by atoms with E-state index in [-0.39, 0.29) is 29.7 Å². The molecule has 6 rings (SSSR count). The molecule has 0 saturated carbocycles. The maximum atomic E-state index is 13.8. The first-order valence-electron chi connectivity index (χ1n) is 12.0. The lowest BCUT2D eigenvalue weighted by atomic mass is 9.91. The number of hydrogen-bond acceptors (Lipinski definition) is 8. The van der Waals surface area contributed by atoms with Gasteiger partial charge in [-0.15, -0.1) is 5.10 Å². The van der Waals surface area contributed by atoms with Gasteiger partial charge in [0.1, 0.15) is 0 Å². The van der Waals surface area contributed by atoms with Crippen LogP contribution in [-0.4, -0.2) is 40.3 Å². The topological polar surface area (TPSA) is 142 Å². The second-order valence-corrected chi connectivity index (χ2v) is 9.07. The predicted molar refractivity (Wildman–Crippen MR) is 136 cm³/mol. The molecule has 40 heavy (non-hydrogen) atoms. The molecule has 0 bridgehead atoms. The number of amides is 1. The number of benzene rings is 1. The van der Waals surface area contributed by atoms with Gasteiger partial charge < -0.3 is 15.5 Å². The van der Waals surface area contributed by atoms with Gasteiger partial charge in [-0.25, -0.2) is 9.67 Å². The molecular weight excluding hydrogens is 527 g/mol. The Labute approximate surface area is 223 Å². The van der Waals surface area contributed by atoms with Crippen molar-refractivity contribution in [1.82, 2.24) is 39.7 Å². The van der Waals surface area contributed by atoms with E-state index in [1.54, 1.807) is 49.4 Å². The van der Waals surface area contributed by atoms with Gasteiger partial charge in [-0.3, -0.25) is 9.78 Å². The number of carbonyl (C=O) groups excluding carboxylic acids is 1. The zero-order valence-corrected chi connectivity index (χ0v) is 20.8. The van der Waals surface area contributed by atoms with E-state index < -0.39 is 23.2 Å². The maximum Gasteiger partial charge on any atom is 0.416 e. The Bertz CT molecular complexity index is 1850. The summed E-state index contributed by atoms with van der Waals surface area (Å²) in [6, 6.07) is 14.0. The Balaban J connectivity index is 1.43. The number of alkyl halides is 3. The molecule has 1 atom stereocenters. The first-order valence-corrected chi connectivity index (χ1v) is 12.0. The highest BCUT2D eigenvalue weighted by Crippen LogP contribution is 2.32. The van der Waals surface area contributed by atoms with Crippen LogP contribution in [0.2, 0.25) is 0 Å². The molecule has 0 aliphatic carbocycles. The van der Waals surface area contributed by atoms with Crippen LogP contribution in [0.15, 0.2) is 77.7 Å². The van der Waals surface area contributed by atoms with Crippen molar-refractivity contribution in [2.75, 3.05) is 5.73 Å². The summed E-state index contributed by atoms with van der Waals surface area (Å²) in [5.74, 6) is 0.163. The number of nitrogen functional groups attached to an aromatic ring is 1. The Morgan fingerprint density at radius 2 is 1.85 bits per heavy atom. The van der Waals surface area contributed by atoms with Gasteiger partial charge in [-0.05, 0) is 36.8 Å². The van der Waals surface area contributed by atoms with E-state index in [4.69, 9.17) is 10.2 Å². The Morgan fingerprint density at radius 3 is 2.58 bits per heavy atom. The molecule has 0 radical (unpaired) electrons. The lowest BCUT2D eigenvalue weighted by molar-refractivity contribution is -0.137. The third-order valence-corrected chi connectivity index (χ3v) is 6.55. The summed E-state index contributed by atoms with van der Waals surface area (Å²) in [6.45, 7) is 1.38. The molecular formula is C26H20F3N9O2. The van der Waals surface area contributed by atoms with Crippen molar-refractivity contribution >= 4 is 28.5 Å². The minimum Gasteiger partial charge on any atom is -0.461 e. The fourth-order valence-corrected chi connectivity index (χ4v) is 4.45. The fraction of sp³-hybridized carbons (Fsp3) is 0.154. The number of nitrogens with one attached hydrogen (secondary N) is 1. The number of anilines is 1. The van der Waals surface area contributed by atoms with Gasteiger partial charge in [-0.1, -0.05) is 30.3 Å².